The van der Waals surface area contributed by atoms with Gasteiger partial charge in [0.05, 0.1) is 6.42 Å². The number of nitrogens with two attached hydrogens (primary N) is 1. The molecular weight excluding hydrogens is 428 g/mol. The topological polar surface area (TPSA) is 153 Å². The molecule has 1 aliphatic carbocycles. The number of ether oxygens (including phenoxy) is 1. The molecule has 1 aliphatic rings. The van der Waals surface area contributed by atoms with Crippen LogP contribution in [0.25, 0.3) is 10.8 Å². The van der Waals surface area contributed by atoms with Gasteiger partial charge in [-0.3, -0.25) is 19.2 Å². The Morgan fingerprint density at radius 1 is 1.03 bits per heavy atom. The molecule has 2 aromatic carbocycles. The van der Waals surface area contributed by atoms with Crippen molar-refractivity contribution in [3.8, 4) is 0 Å². The molecular formula is C24H26N2O7. The summed E-state index contributed by atoms with van der Waals surface area (Å²) in [4.78, 5) is 59.6. The predicted octanol–water partition coefficient (Wildman–Crippen LogP) is 1.36. The quantitative estimate of drug-likeness (QED) is 0.458. The van der Waals surface area contributed by atoms with E-state index in [0.29, 0.717) is 12.8 Å². The van der Waals surface area contributed by atoms with Crippen LogP contribution < -0.4 is 11.1 Å². The summed E-state index contributed by atoms with van der Waals surface area (Å²) >= 11 is 0. The number of rotatable bonds is 10. The first-order chi connectivity index (χ1) is 15.7. The Morgan fingerprint density at radius 3 is 2.42 bits per heavy atom. The first-order valence-corrected chi connectivity index (χ1v) is 10.7. The van der Waals surface area contributed by atoms with Crippen LogP contribution in [0.3, 0.4) is 0 Å². The highest BCUT2D eigenvalue weighted by Crippen LogP contribution is 2.30. The molecule has 9 heteroatoms. The van der Waals surface area contributed by atoms with Gasteiger partial charge in [-0.05, 0) is 35.6 Å². The van der Waals surface area contributed by atoms with Crippen LogP contribution in [0.15, 0.2) is 42.5 Å². The van der Waals surface area contributed by atoms with E-state index in [4.69, 9.17) is 10.5 Å². The van der Waals surface area contributed by atoms with Crippen LogP contribution in [0.1, 0.15) is 31.2 Å². The summed E-state index contributed by atoms with van der Waals surface area (Å²) in [6, 6.07) is 11.7. The molecule has 3 atom stereocenters. The molecule has 4 N–H and O–H groups in total. The van der Waals surface area contributed by atoms with Crippen molar-refractivity contribution in [3.05, 3.63) is 48.0 Å². The first-order valence-electron chi connectivity index (χ1n) is 10.7. The monoisotopic (exact) mass is 454 g/mol. The zero-order valence-corrected chi connectivity index (χ0v) is 18.0. The standard InChI is InChI=1S/C24H26N2O7/c25-22(29)16-8-9-17(10-16)23(30)26-20(24(31)32)12-18(27)13-33-21(28)11-15-6-3-5-14-4-1-2-7-19(14)15/h1-7,16-17,20H,8-13H2,(H2,25,29)(H,26,30)(H,31,32)/t16-,17-,20?/m0/s1. The van der Waals surface area contributed by atoms with E-state index in [1.807, 2.05) is 36.4 Å². The van der Waals surface area contributed by atoms with Crippen LogP contribution >= 0.6 is 0 Å². The van der Waals surface area contributed by atoms with Gasteiger partial charge in [-0.1, -0.05) is 42.5 Å². The minimum absolute atomic E-state index is 0.0313. The van der Waals surface area contributed by atoms with Crippen LogP contribution in [-0.2, 0) is 35.1 Å². The smallest absolute Gasteiger partial charge is 0.326 e. The summed E-state index contributed by atoms with van der Waals surface area (Å²) in [5.74, 6) is -4.57. The highest BCUT2D eigenvalue weighted by atomic mass is 16.5. The van der Waals surface area contributed by atoms with E-state index < -0.39 is 60.4 Å². The van der Waals surface area contributed by atoms with Gasteiger partial charge >= 0.3 is 11.9 Å². The molecule has 0 aliphatic heterocycles. The zero-order valence-electron chi connectivity index (χ0n) is 18.0. The number of nitrogens with one attached hydrogen (secondary N) is 1. The van der Waals surface area contributed by atoms with E-state index in [1.54, 1.807) is 6.07 Å². The van der Waals surface area contributed by atoms with E-state index >= 15 is 0 Å². The summed E-state index contributed by atoms with van der Waals surface area (Å²) in [5, 5.41) is 13.6. The zero-order chi connectivity index (χ0) is 24.0. The number of amides is 2. The normalized spacial score (nSPS) is 18.4. The number of ketones is 1. The van der Waals surface area contributed by atoms with Crippen LogP contribution in [-0.4, -0.2) is 47.3 Å². The van der Waals surface area contributed by atoms with Crippen molar-refractivity contribution in [1.82, 2.24) is 5.32 Å². The third-order valence-corrected chi connectivity index (χ3v) is 5.86. The lowest BCUT2D eigenvalue weighted by atomic mass is 10.0. The lowest BCUT2D eigenvalue weighted by molar-refractivity contribution is -0.148. The number of hydrogen-bond acceptors (Lipinski definition) is 6. The van der Waals surface area contributed by atoms with Crippen molar-refractivity contribution in [3.63, 3.8) is 0 Å². The van der Waals surface area contributed by atoms with Gasteiger partial charge in [0.15, 0.2) is 5.78 Å². The Balaban J connectivity index is 1.49. The Kier molecular flexibility index (Phi) is 7.76. The third kappa shape index (κ3) is 6.38. The number of aliphatic carboxylic acids is 1. The molecule has 1 unspecified atom stereocenters. The van der Waals surface area contributed by atoms with Crippen molar-refractivity contribution in [2.24, 2.45) is 17.6 Å². The van der Waals surface area contributed by atoms with Gasteiger partial charge in [0.1, 0.15) is 12.6 Å². The number of benzene rings is 2. The molecule has 2 amide bonds. The van der Waals surface area contributed by atoms with Gasteiger partial charge < -0.3 is 20.9 Å². The number of fused-ring (bicyclic) bond motifs is 1. The number of carbonyl (C=O) groups is 5. The van der Waals surface area contributed by atoms with Crippen LogP contribution in [0.5, 0.6) is 0 Å². The van der Waals surface area contributed by atoms with Gasteiger partial charge in [-0.25, -0.2) is 4.79 Å². The third-order valence-electron chi connectivity index (χ3n) is 5.86. The molecule has 1 fully saturated rings. The summed E-state index contributed by atoms with van der Waals surface area (Å²) in [6.07, 6.45) is 0.598. The van der Waals surface area contributed by atoms with Crippen LogP contribution in [0, 0.1) is 11.8 Å². The fourth-order valence-corrected chi connectivity index (χ4v) is 4.07. The molecule has 0 radical (unpaired) electrons. The number of primary amides is 1. The van der Waals surface area contributed by atoms with Gasteiger partial charge in [0, 0.05) is 18.3 Å². The van der Waals surface area contributed by atoms with E-state index in [2.05, 4.69) is 5.32 Å². The van der Waals surface area contributed by atoms with Crippen molar-refractivity contribution in [2.75, 3.05) is 6.61 Å². The Bertz CT molecular complexity index is 1080. The molecule has 2 aromatic rings. The van der Waals surface area contributed by atoms with Gasteiger partial charge in [-0.2, -0.15) is 0 Å². The average Bonchev–Trinajstić information content (AvgIpc) is 3.28. The maximum absolute atomic E-state index is 12.4. The molecule has 0 heterocycles. The fraction of sp³-hybridized carbons (Fsp3) is 0.375. The maximum atomic E-state index is 12.4. The summed E-state index contributed by atoms with van der Waals surface area (Å²) in [7, 11) is 0. The molecule has 174 valence electrons. The molecule has 0 spiro atoms. The Hall–Kier alpha value is -3.75. The Labute approximate surface area is 190 Å². The summed E-state index contributed by atoms with van der Waals surface area (Å²) < 4.78 is 5.04. The predicted molar refractivity (Wildman–Crippen MR) is 118 cm³/mol. The number of Topliss-reactive ketones (excluding diaryl/α,β-unsaturated/α-hetero) is 1. The number of carboxylic acid groups (broad SMARTS) is 1. The van der Waals surface area contributed by atoms with Crippen molar-refractivity contribution in [1.29, 1.82) is 0 Å². The largest absolute Gasteiger partial charge is 0.480 e. The highest BCUT2D eigenvalue weighted by molar-refractivity contribution is 5.92. The molecule has 0 saturated heterocycles. The average molecular weight is 454 g/mol. The number of esters is 1. The summed E-state index contributed by atoms with van der Waals surface area (Å²) in [6.45, 7) is -0.587. The van der Waals surface area contributed by atoms with E-state index in [-0.39, 0.29) is 12.8 Å². The molecule has 9 nitrogen and oxygen atoms in total. The molecule has 3 rings (SSSR count). The maximum Gasteiger partial charge on any atom is 0.326 e. The number of carbonyl (C=O) groups excluding carboxylic acids is 4. The lowest BCUT2D eigenvalue weighted by Gasteiger charge is -2.17. The van der Waals surface area contributed by atoms with Crippen LogP contribution in [0.2, 0.25) is 0 Å². The highest BCUT2D eigenvalue weighted by Gasteiger charge is 2.35. The second-order valence-corrected chi connectivity index (χ2v) is 8.23. The minimum Gasteiger partial charge on any atom is -0.480 e. The van der Waals surface area contributed by atoms with Crippen molar-refractivity contribution < 1.29 is 33.8 Å². The molecule has 33 heavy (non-hydrogen) atoms. The van der Waals surface area contributed by atoms with Crippen LogP contribution in [0.4, 0.5) is 0 Å². The van der Waals surface area contributed by atoms with Gasteiger partial charge in [-0.15, -0.1) is 0 Å². The van der Waals surface area contributed by atoms with Crippen molar-refractivity contribution in [2.45, 2.75) is 38.1 Å². The van der Waals surface area contributed by atoms with Crippen molar-refractivity contribution >= 4 is 40.3 Å². The molecule has 0 aromatic heterocycles. The lowest BCUT2D eigenvalue weighted by Crippen LogP contribution is -2.45. The van der Waals surface area contributed by atoms with E-state index in [9.17, 15) is 29.1 Å². The van der Waals surface area contributed by atoms with Gasteiger partial charge in [0.2, 0.25) is 11.8 Å². The Morgan fingerprint density at radius 2 is 1.73 bits per heavy atom. The second kappa shape index (κ2) is 10.7. The van der Waals surface area contributed by atoms with E-state index in [0.717, 1.165) is 16.3 Å². The summed E-state index contributed by atoms with van der Waals surface area (Å²) in [5.41, 5.74) is 6.01. The minimum atomic E-state index is -1.45. The second-order valence-electron chi connectivity index (χ2n) is 8.23. The van der Waals surface area contributed by atoms with Gasteiger partial charge in [0.25, 0.3) is 0 Å². The fourth-order valence-electron chi connectivity index (χ4n) is 4.07. The molecule has 1 saturated carbocycles. The first kappa shape index (κ1) is 23.9. The SMILES string of the molecule is NC(=O)[C@H]1CC[C@H](C(=O)NC(CC(=O)COC(=O)Cc2cccc3ccccc23)C(=O)O)C1. The number of carboxylic acids is 1. The molecule has 0 bridgehead atoms. The number of hydrogen-bond donors (Lipinski definition) is 3. The van der Waals surface area contributed by atoms with E-state index in [1.165, 1.54) is 0 Å².